The lowest BCUT2D eigenvalue weighted by Gasteiger charge is -2.29. The van der Waals surface area contributed by atoms with Crippen LogP contribution in [-0.4, -0.2) is 68.5 Å². The summed E-state index contributed by atoms with van der Waals surface area (Å²) in [7, 11) is 1.20. The number of rotatable bonds is 41. The fraction of sp³-hybridized carbons (Fsp3) is 0.771. The van der Waals surface area contributed by atoms with Gasteiger partial charge in [-0.25, -0.2) is 0 Å². The first-order valence-corrected chi connectivity index (χ1v) is 24.6. The first kappa shape index (κ1) is 55.2. The van der Waals surface area contributed by atoms with Gasteiger partial charge in [0.25, 0.3) is 7.82 Å². The molecule has 8 nitrogen and oxygen atoms in total. The van der Waals surface area contributed by atoms with E-state index in [1.165, 1.54) is 122 Å². The van der Waals surface area contributed by atoms with E-state index in [2.05, 4.69) is 61.7 Å². The highest BCUT2D eigenvalue weighted by molar-refractivity contribution is 7.45. The maximum absolute atomic E-state index is 12.8. The van der Waals surface area contributed by atoms with Gasteiger partial charge in [0, 0.05) is 6.42 Å². The Hall–Kier alpha value is -1.80. The lowest BCUT2D eigenvalue weighted by molar-refractivity contribution is -0.870. The van der Waals surface area contributed by atoms with Crippen LogP contribution in [0.15, 0.2) is 60.8 Å². The molecule has 0 bridgehead atoms. The van der Waals surface area contributed by atoms with Gasteiger partial charge >= 0.3 is 0 Å². The number of aliphatic hydroxyl groups excluding tert-OH is 1. The summed E-state index contributed by atoms with van der Waals surface area (Å²) in [4.78, 5) is 25.2. The third-order valence-corrected chi connectivity index (χ3v) is 10.9. The van der Waals surface area contributed by atoms with Crippen LogP contribution in [0.5, 0.6) is 0 Å². The third-order valence-electron chi connectivity index (χ3n) is 9.94. The summed E-state index contributed by atoms with van der Waals surface area (Å²) in [6.07, 6.45) is 51.6. The van der Waals surface area contributed by atoms with Crippen molar-refractivity contribution < 1.29 is 32.9 Å². The van der Waals surface area contributed by atoms with Gasteiger partial charge in [0.15, 0.2) is 0 Å². The topological polar surface area (TPSA) is 108 Å². The van der Waals surface area contributed by atoms with Crippen LogP contribution in [0.3, 0.4) is 0 Å². The Labute approximate surface area is 351 Å². The molecule has 1 amide bonds. The first-order valence-electron chi connectivity index (χ1n) is 23.2. The fourth-order valence-corrected chi connectivity index (χ4v) is 6.96. The highest BCUT2D eigenvalue weighted by Crippen LogP contribution is 2.38. The molecule has 3 unspecified atom stereocenters. The van der Waals surface area contributed by atoms with Crippen LogP contribution >= 0.6 is 7.82 Å². The van der Waals surface area contributed by atoms with E-state index >= 15 is 0 Å². The van der Waals surface area contributed by atoms with Gasteiger partial charge < -0.3 is 28.8 Å². The number of carbonyl (C=O) groups is 1. The molecule has 0 spiro atoms. The fourth-order valence-electron chi connectivity index (χ4n) is 6.23. The zero-order valence-corrected chi connectivity index (χ0v) is 38.4. The second-order valence-electron chi connectivity index (χ2n) is 16.7. The number of phosphoric acid groups is 1. The van der Waals surface area contributed by atoms with E-state index in [1.54, 1.807) is 6.08 Å². The van der Waals surface area contributed by atoms with Crippen molar-refractivity contribution >= 4 is 13.7 Å². The Morgan fingerprint density at radius 3 is 1.53 bits per heavy atom. The van der Waals surface area contributed by atoms with Gasteiger partial charge in [-0.05, 0) is 64.2 Å². The number of hydrogen-bond acceptors (Lipinski definition) is 6. The molecule has 0 aliphatic heterocycles. The Morgan fingerprint density at radius 2 is 1.04 bits per heavy atom. The average Bonchev–Trinajstić information content (AvgIpc) is 3.16. The van der Waals surface area contributed by atoms with E-state index in [0.717, 1.165) is 38.5 Å². The maximum atomic E-state index is 12.8. The standard InChI is InChI=1S/C48H89N2O6P/c1-6-8-10-12-14-16-18-20-21-22-23-24-25-26-27-28-30-31-33-35-37-39-41-47(51)46(45-56-57(53,54)55-44-43-50(3,4)5)49-48(52)42-40-38-36-34-32-29-19-17-15-13-11-9-7-2/h26-27,29,31-33,36,38-39,41,46-47,51H,6-25,28,30,34-35,37,40,42-45H2,1-5H3,(H-,49,52,53,54)/b27-26+,32-29-,33-31+,38-36-,41-39+. The monoisotopic (exact) mass is 821 g/mol. The number of nitrogens with one attached hydrogen (secondary N) is 1. The summed E-state index contributed by atoms with van der Waals surface area (Å²) >= 11 is 0. The van der Waals surface area contributed by atoms with Gasteiger partial charge in [-0.15, -0.1) is 0 Å². The molecule has 0 radical (unpaired) electrons. The van der Waals surface area contributed by atoms with E-state index in [4.69, 9.17) is 9.05 Å². The predicted molar refractivity (Wildman–Crippen MR) is 242 cm³/mol. The molecule has 0 aromatic rings. The van der Waals surface area contributed by atoms with E-state index in [9.17, 15) is 19.4 Å². The van der Waals surface area contributed by atoms with E-state index in [-0.39, 0.29) is 18.9 Å². The van der Waals surface area contributed by atoms with Gasteiger partial charge in [-0.3, -0.25) is 9.36 Å². The molecular formula is C48H89N2O6P. The quantitative estimate of drug-likeness (QED) is 0.0275. The van der Waals surface area contributed by atoms with Crippen molar-refractivity contribution in [2.24, 2.45) is 0 Å². The molecule has 9 heteroatoms. The average molecular weight is 821 g/mol. The molecule has 0 aromatic heterocycles. The summed E-state index contributed by atoms with van der Waals surface area (Å²) in [5, 5.41) is 13.7. The van der Waals surface area contributed by atoms with Crippen LogP contribution < -0.4 is 10.2 Å². The highest BCUT2D eigenvalue weighted by atomic mass is 31.2. The summed E-state index contributed by atoms with van der Waals surface area (Å²) in [6, 6.07) is -0.941. The number of hydrogen-bond donors (Lipinski definition) is 2. The van der Waals surface area contributed by atoms with Crippen molar-refractivity contribution in [3.8, 4) is 0 Å². The molecular weight excluding hydrogens is 732 g/mol. The van der Waals surface area contributed by atoms with Crippen LogP contribution in [0.1, 0.15) is 187 Å². The summed E-state index contributed by atoms with van der Waals surface area (Å²) in [5.74, 6) is -0.280. The van der Waals surface area contributed by atoms with Crippen LogP contribution in [0.2, 0.25) is 0 Å². The normalized spacial score (nSPS) is 14.9. The van der Waals surface area contributed by atoms with Crippen molar-refractivity contribution in [3.63, 3.8) is 0 Å². The lowest BCUT2D eigenvalue weighted by Crippen LogP contribution is -2.45. The molecule has 0 fully saturated rings. The van der Waals surface area contributed by atoms with E-state index in [1.807, 2.05) is 33.3 Å². The molecule has 0 rings (SSSR count). The lowest BCUT2D eigenvalue weighted by atomic mass is 10.0. The third kappa shape index (κ3) is 42.1. The van der Waals surface area contributed by atoms with Gasteiger partial charge in [-0.2, -0.15) is 0 Å². The number of unbranched alkanes of at least 4 members (excludes halogenated alkanes) is 20. The molecule has 0 heterocycles. The smallest absolute Gasteiger partial charge is 0.268 e. The molecule has 0 saturated carbocycles. The Kier molecular flexibility index (Phi) is 38.4. The number of likely N-dealkylation sites (N-methyl/N-ethyl adjacent to an activating group) is 1. The van der Waals surface area contributed by atoms with Crippen molar-refractivity contribution in [1.29, 1.82) is 0 Å². The zero-order chi connectivity index (χ0) is 42.1. The first-order chi connectivity index (χ1) is 27.5. The number of aliphatic hydroxyl groups is 1. The van der Waals surface area contributed by atoms with E-state index in [0.29, 0.717) is 17.4 Å². The number of amides is 1. The van der Waals surface area contributed by atoms with E-state index < -0.39 is 26.6 Å². The Morgan fingerprint density at radius 1 is 0.614 bits per heavy atom. The molecule has 332 valence electrons. The van der Waals surface area contributed by atoms with Crippen molar-refractivity contribution in [2.75, 3.05) is 40.9 Å². The van der Waals surface area contributed by atoms with Crippen LogP contribution in [-0.2, 0) is 18.4 Å². The van der Waals surface area contributed by atoms with Gasteiger partial charge in [0.05, 0.1) is 39.9 Å². The number of carbonyl (C=O) groups excluding carboxylic acids is 1. The molecule has 57 heavy (non-hydrogen) atoms. The van der Waals surface area contributed by atoms with Gasteiger partial charge in [0.1, 0.15) is 13.2 Å². The molecule has 0 aromatic carbocycles. The van der Waals surface area contributed by atoms with Crippen molar-refractivity contribution in [3.05, 3.63) is 60.8 Å². The Bertz CT molecular complexity index is 1110. The summed E-state index contributed by atoms with van der Waals surface area (Å²) < 4.78 is 23.1. The van der Waals surface area contributed by atoms with Crippen molar-refractivity contribution in [2.45, 2.75) is 199 Å². The van der Waals surface area contributed by atoms with Crippen LogP contribution in [0.25, 0.3) is 0 Å². The second kappa shape index (κ2) is 39.6. The Balaban J connectivity index is 4.51. The predicted octanol–water partition coefficient (Wildman–Crippen LogP) is 12.4. The largest absolute Gasteiger partial charge is 0.756 e. The second-order valence-corrected chi connectivity index (χ2v) is 18.1. The maximum Gasteiger partial charge on any atom is 0.268 e. The molecule has 0 aliphatic carbocycles. The number of allylic oxidation sites excluding steroid dienone is 9. The molecule has 0 aliphatic rings. The number of phosphoric ester groups is 1. The zero-order valence-electron chi connectivity index (χ0n) is 37.5. The minimum atomic E-state index is -4.61. The number of quaternary nitrogens is 1. The SMILES string of the molecule is CCCCCCCC/C=C\C/C=C\CCC(=O)NC(COP(=O)([O-])OCC[N+](C)(C)C)C(O)/C=C/CC/C=C/CC/C=C/CCCCCCCCCCCCCC. The molecule has 3 atom stereocenters. The molecule has 2 N–H and O–H groups in total. The number of nitrogens with zero attached hydrogens (tertiary/aromatic N) is 1. The summed E-state index contributed by atoms with van der Waals surface area (Å²) in [6.45, 7) is 4.55. The van der Waals surface area contributed by atoms with Gasteiger partial charge in [0.2, 0.25) is 5.91 Å². The van der Waals surface area contributed by atoms with Crippen LogP contribution in [0.4, 0.5) is 0 Å². The van der Waals surface area contributed by atoms with Gasteiger partial charge in [-0.1, -0.05) is 177 Å². The minimum Gasteiger partial charge on any atom is -0.756 e. The summed E-state index contributed by atoms with van der Waals surface area (Å²) in [5.41, 5.74) is 0. The van der Waals surface area contributed by atoms with Crippen LogP contribution in [0, 0.1) is 0 Å². The highest BCUT2D eigenvalue weighted by Gasteiger charge is 2.23. The van der Waals surface area contributed by atoms with Crippen molar-refractivity contribution in [1.82, 2.24) is 5.32 Å². The molecule has 0 saturated heterocycles. The minimum absolute atomic E-state index is 0.0202.